The van der Waals surface area contributed by atoms with E-state index in [0.29, 0.717) is 6.54 Å². The summed E-state index contributed by atoms with van der Waals surface area (Å²) in [7, 11) is 2.20. The number of hydrogen-bond donors (Lipinski definition) is 1. The van der Waals surface area contributed by atoms with Crippen LogP contribution in [0.15, 0.2) is 24.3 Å². The van der Waals surface area contributed by atoms with Crippen LogP contribution in [0.5, 0.6) is 0 Å². The molecule has 15 heavy (non-hydrogen) atoms. The third kappa shape index (κ3) is 2.58. The van der Waals surface area contributed by atoms with Crippen molar-refractivity contribution >= 4 is 0 Å². The van der Waals surface area contributed by atoms with Crippen LogP contribution in [0.1, 0.15) is 29.9 Å². The maximum absolute atomic E-state index is 5.59. The molecule has 2 N–H and O–H groups in total. The second-order valence-electron chi connectivity index (χ2n) is 4.52. The second-order valence-corrected chi connectivity index (χ2v) is 4.52. The molecule has 1 aromatic rings. The Kier molecular flexibility index (Phi) is 3.39. The molecular weight excluding hydrogens is 184 g/mol. The molecule has 0 spiro atoms. The van der Waals surface area contributed by atoms with Crippen LogP contribution < -0.4 is 5.73 Å². The van der Waals surface area contributed by atoms with E-state index in [0.717, 1.165) is 5.92 Å². The van der Waals surface area contributed by atoms with Gasteiger partial charge in [0.25, 0.3) is 0 Å². The van der Waals surface area contributed by atoms with E-state index in [1.807, 2.05) is 0 Å². The van der Waals surface area contributed by atoms with E-state index < -0.39 is 0 Å². The average Bonchev–Trinajstić information content (AvgIpc) is 2.30. The van der Waals surface area contributed by atoms with Crippen LogP contribution in [0.25, 0.3) is 0 Å². The third-order valence-corrected chi connectivity index (χ3v) is 3.41. The number of nitrogens with two attached hydrogens (primary N) is 1. The summed E-state index contributed by atoms with van der Waals surface area (Å²) in [5.41, 5.74) is 8.30. The molecule has 0 aromatic heterocycles. The lowest BCUT2D eigenvalue weighted by Gasteiger charge is -2.29. The Morgan fingerprint density at radius 2 is 1.80 bits per heavy atom. The van der Waals surface area contributed by atoms with Crippen molar-refractivity contribution in [2.45, 2.75) is 25.3 Å². The number of piperidine rings is 1. The van der Waals surface area contributed by atoms with Crippen molar-refractivity contribution in [1.29, 1.82) is 0 Å². The van der Waals surface area contributed by atoms with Gasteiger partial charge in [-0.1, -0.05) is 24.3 Å². The van der Waals surface area contributed by atoms with E-state index in [4.69, 9.17) is 5.73 Å². The highest BCUT2D eigenvalue weighted by atomic mass is 15.1. The summed E-state index contributed by atoms with van der Waals surface area (Å²) in [4.78, 5) is 2.41. The normalized spacial score (nSPS) is 19.3. The van der Waals surface area contributed by atoms with E-state index in [2.05, 4.69) is 36.2 Å². The van der Waals surface area contributed by atoms with Gasteiger partial charge in [0.05, 0.1) is 0 Å². The fraction of sp³-hybridized carbons (Fsp3) is 0.538. The van der Waals surface area contributed by atoms with Gasteiger partial charge in [0.15, 0.2) is 0 Å². The minimum Gasteiger partial charge on any atom is -0.326 e. The predicted molar refractivity (Wildman–Crippen MR) is 63.8 cm³/mol. The summed E-state index contributed by atoms with van der Waals surface area (Å²) in [6.07, 6.45) is 2.58. The number of benzene rings is 1. The molecule has 0 atom stereocenters. The molecule has 1 heterocycles. The maximum Gasteiger partial charge on any atom is 0.0178 e. The maximum atomic E-state index is 5.59. The van der Waals surface area contributed by atoms with Crippen LogP contribution in [-0.2, 0) is 6.54 Å². The van der Waals surface area contributed by atoms with Gasteiger partial charge in [0.1, 0.15) is 0 Å². The summed E-state index contributed by atoms with van der Waals surface area (Å²) in [6, 6.07) is 8.82. The molecule has 1 saturated heterocycles. The fourth-order valence-corrected chi connectivity index (χ4v) is 2.27. The molecule has 2 rings (SSSR count). The van der Waals surface area contributed by atoms with Crippen molar-refractivity contribution in [3.05, 3.63) is 35.4 Å². The van der Waals surface area contributed by atoms with Crippen molar-refractivity contribution in [2.75, 3.05) is 20.1 Å². The van der Waals surface area contributed by atoms with Gasteiger partial charge in [-0.05, 0) is 50.0 Å². The molecule has 0 saturated carbocycles. The van der Waals surface area contributed by atoms with E-state index in [-0.39, 0.29) is 0 Å². The van der Waals surface area contributed by atoms with Crippen LogP contribution in [0.2, 0.25) is 0 Å². The first-order chi connectivity index (χ1) is 7.29. The Balaban J connectivity index is 2.03. The summed E-state index contributed by atoms with van der Waals surface area (Å²) < 4.78 is 0. The Bertz CT molecular complexity index is 297. The molecule has 1 aliphatic rings. The lowest BCUT2D eigenvalue weighted by atomic mass is 9.89. The molecule has 82 valence electrons. The minimum atomic E-state index is 0.647. The highest BCUT2D eigenvalue weighted by Crippen LogP contribution is 2.27. The van der Waals surface area contributed by atoms with Crippen LogP contribution in [0.4, 0.5) is 0 Å². The minimum absolute atomic E-state index is 0.647. The molecule has 1 aliphatic heterocycles. The molecule has 0 bridgehead atoms. The highest BCUT2D eigenvalue weighted by molar-refractivity contribution is 5.25. The van der Waals surface area contributed by atoms with E-state index in [1.165, 1.54) is 37.1 Å². The Morgan fingerprint density at radius 1 is 1.20 bits per heavy atom. The molecule has 0 unspecified atom stereocenters. The zero-order chi connectivity index (χ0) is 10.7. The van der Waals surface area contributed by atoms with E-state index in [9.17, 15) is 0 Å². The van der Waals surface area contributed by atoms with Crippen molar-refractivity contribution < 1.29 is 0 Å². The molecule has 2 heteroatoms. The summed E-state index contributed by atoms with van der Waals surface area (Å²) >= 11 is 0. The van der Waals surface area contributed by atoms with E-state index in [1.54, 1.807) is 0 Å². The van der Waals surface area contributed by atoms with Crippen LogP contribution in [0.3, 0.4) is 0 Å². The molecule has 1 aromatic carbocycles. The quantitative estimate of drug-likeness (QED) is 0.798. The van der Waals surface area contributed by atoms with Gasteiger partial charge in [0, 0.05) is 6.54 Å². The van der Waals surface area contributed by atoms with Gasteiger partial charge in [0.2, 0.25) is 0 Å². The van der Waals surface area contributed by atoms with Gasteiger partial charge < -0.3 is 10.6 Å². The van der Waals surface area contributed by atoms with Crippen LogP contribution in [-0.4, -0.2) is 25.0 Å². The van der Waals surface area contributed by atoms with Crippen LogP contribution >= 0.6 is 0 Å². The van der Waals surface area contributed by atoms with Crippen molar-refractivity contribution in [3.63, 3.8) is 0 Å². The lowest BCUT2D eigenvalue weighted by Crippen LogP contribution is -2.29. The Morgan fingerprint density at radius 3 is 2.33 bits per heavy atom. The van der Waals surface area contributed by atoms with Gasteiger partial charge in [-0.3, -0.25) is 0 Å². The fourth-order valence-electron chi connectivity index (χ4n) is 2.27. The number of rotatable bonds is 2. The van der Waals surface area contributed by atoms with Crippen molar-refractivity contribution in [1.82, 2.24) is 4.90 Å². The largest absolute Gasteiger partial charge is 0.326 e. The van der Waals surface area contributed by atoms with Crippen molar-refractivity contribution in [3.8, 4) is 0 Å². The average molecular weight is 204 g/mol. The second kappa shape index (κ2) is 4.77. The van der Waals surface area contributed by atoms with Gasteiger partial charge in [-0.2, -0.15) is 0 Å². The monoisotopic (exact) mass is 204 g/mol. The molecular formula is C13H20N2. The standard InChI is InChI=1S/C13H20N2/c1-15-8-6-13(7-9-15)12-4-2-11(10-14)3-5-12/h2-5,13H,6-10,14H2,1H3. The number of likely N-dealkylation sites (tertiary alicyclic amines) is 1. The summed E-state index contributed by atoms with van der Waals surface area (Å²) in [5, 5.41) is 0. The SMILES string of the molecule is CN1CCC(c2ccc(CN)cc2)CC1. The zero-order valence-electron chi connectivity index (χ0n) is 9.45. The Labute approximate surface area is 92.1 Å². The lowest BCUT2D eigenvalue weighted by molar-refractivity contribution is 0.255. The first kappa shape index (κ1) is 10.7. The molecule has 2 nitrogen and oxygen atoms in total. The van der Waals surface area contributed by atoms with Crippen molar-refractivity contribution in [2.24, 2.45) is 5.73 Å². The molecule has 0 aliphatic carbocycles. The summed E-state index contributed by atoms with van der Waals surface area (Å²) in [6.45, 7) is 3.10. The first-order valence-corrected chi connectivity index (χ1v) is 5.77. The highest BCUT2D eigenvalue weighted by Gasteiger charge is 2.17. The van der Waals surface area contributed by atoms with Gasteiger partial charge in [-0.15, -0.1) is 0 Å². The molecule has 0 amide bonds. The van der Waals surface area contributed by atoms with Gasteiger partial charge in [-0.25, -0.2) is 0 Å². The number of nitrogens with zero attached hydrogens (tertiary/aromatic N) is 1. The molecule has 0 radical (unpaired) electrons. The van der Waals surface area contributed by atoms with E-state index >= 15 is 0 Å². The zero-order valence-corrected chi connectivity index (χ0v) is 9.45. The van der Waals surface area contributed by atoms with Gasteiger partial charge >= 0.3 is 0 Å². The molecule has 1 fully saturated rings. The van der Waals surface area contributed by atoms with Crippen LogP contribution in [0, 0.1) is 0 Å². The number of hydrogen-bond acceptors (Lipinski definition) is 2. The first-order valence-electron chi connectivity index (χ1n) is 5.77. The topological polar surface area (TPSA) is 29.3 Å². The third-order valence-electron chi connectivity index (χ3n) is 3.41. The Hall–Kier alpha value is -0.860. The summed E-state index contributed by atoms with van der Waals surface area (Å²) in [5.74, 6) is 0.757. The predicted octanol–water partition coefficient (Wildman–Crippen LogP) is 1.95. The smallest absolute Gasteiger partial charge is 0.0178 e.